The van der Waals surface area contributed by atoms with Crippen molar-refractivity contribution in [3.05, 3.63) is 12.2 Å². The molecule has 1 heterocycles. The van der Waals surface area contributed by atoms with Crippen LogP contribution in [0.5, 0.6) is 0 Å². The Kier molecular flexibility index (Phi) is 2.47. The standard InChI is InChI=1S/C20H28O2/c1-13-10-19-9-6-15-18(2)7-3-8-20(15,17(21)22-12-18)16(19)5-4-14(13)11-19/h14-16H,1,3-12H2,2H3/t14-,15-,16-,18-,19-,20+/m1/s1. The van der Waals surface area contributed by atoms with E-state index in [1.54, 1.807) is 0 Å². The number of allylic oxidation sites excluding steroid dienone is 1. The molecule has 2 nitrogen and oxygen atoms in total. The third-order valence-electron chi connectivity index (χ3n) is 8.62. The lowest BCUT2D eigenvalue weighted by molar-refractivity contribution is -0.231. The number of hydrogen-bond acceptors (Lipinski definition) is 2. The van der Waals surface area contributed by atoms with E-state index >= 15 is 0 Å². The minimum absolute atomic E-state index is 0.140. The van der Waals surface area contributed by atoms with Crippen LogP contribution in [0.25, 0.3) is 0 Å². The van der Waals surface area contributed by atoms with Crippen molar-refractivity contribution in [3.8, 4) is 0 Å². The summed E-state index contributed by atoms with van der Waals surface area (Å²) < 4.78 is 5.83. The van der Waals surface area contributed by atoms with Crippen molar-refractivity contribution in [2.45, 2.75) is 64.7 Å². The highest BCUT2D eigenvalue weighted by molar-refractivity contribution is 5.79. The van der Waals surface area contributed by atoms with Gasteiger partial charge in [-0.05, 0) is 74.5 Å². The Balaban J connectivity index is 1.65. The maximum absolute atomic E-state index is 13.1. The van der Waals surface area contributed by atoms with Gasteiger partial charge < -0.3 is 4.74 Å². The van der Waals surface area contributed by atoms with Crippen LogP contribution >= 0.6 is 0 Å². The SMILES string of the molecule is C=C1C[C@@]23CC[C@@H]4[C@]5(C)CCC[C@@]4(C(=O)OC5)[C@@H]2CC[C@@H]1C3. The Bertz CT molecular complexity index is 566. The zero-order valence-corrected chi connectivity index (χ0v) is 13.8. The van der Waals surface area contributed by atoms with Crippen LogP contribution in [-0.4, -0.2) is 12.6 Å². The summed E-state index contributed by atoms with van der Waals surface area (Å²) in [5, 5.41) is 0. The van der Waals surface area contributed by atoms with Gasteiger partial charge in [0.05, 0.1) is 12.0 Å². The predicted molar refractivity (Wildman–Crippen MR) is 85.1 cm³/mol. The second-order valence-corrected chi connectivity index (χ2v) is 9.44. The molecule has 0 aromatic rings. The molecule has 1 saturated heterocycles. The molecule has 6 atom stereocenters. The number of esters is 1. The molecule has 120 valence electrons. The summed E-state index contributed by atoms with van der Waals surface area (Å²) in [6.45, 7) is 7.45. The van der Waals surface area contributed by atoms with Gasteiger partial charge in [-0.3, -0.25) is 4.79 Å². The van der Waals surface area contributed by atoms with E-state index < -0.39 is 0 Å². The first-order valence-electron chi connectivity index (χ1n) is 9.35. The largest absolute Gasteiger partial charge is 0.465 e. The summed E-state index contributed by atoms with van der Waals surface area (Å²) in [4.78, 5) is 13.1. The molecule has 0 aromatic carbocycles. The van der Waals surface area contributed by atoms with E-state index in [1.165, 1.54) is 56.9 Å². The lowest BCUT2D eigenvalue weighted by Gasteiger charge is -2.65. The van der Waals surface area contributed by atoms with Crippen LogP contribution in [0.2, 0.25) is 0 Å². The number of carbonyl (C=O) groups is 1. The van der Waals surface area contributed by atoms with Crippen molar-refractivity contribution in [1.82, 2.24) is 0 Å². The Morgan fingerprint density at radius 2 is 2.00 bits per heavy atom. The van der Waals surface area contributed by atoms with Crippen molar-refractivity contribution < 1.29 is 9.53 Å². The van der Waals surface area contributed by atoms with Gasteiger partial charge >= 0.3 is 5.97 Å². The number of fused-ring (bicyclic) bond motifs is 1. The van der Waals surface area contributed by atoms with Gasteiger partial charge in [0.15, 0.2) is 0 Å². The monoisotopic (exact) mass is 300 g/mol. The highest BCUT2D eigenvalue weighted by atomic mass is 16.5. The van der Waals surface area contributed by atoms with Crippen LogP contribution in [0.3, 0.4) is 0 Å². The van der Waals surface area contributed by atoms with E-state index in [1.807, 2.05) is 0 Å². The summed E-state index contributed by atoms with van der Waals surface area (Å²) in [5.41, 5.74) is 1.99. The molecule has 4 aliphatic carbocycles. The maximum Gasteiger partial charge on any atom is 0.312 e. The Morgan fingerprint density at radius 1 is 1.14 bits per heavy atom. The van der Waals surface area contributed by atoms with Gasteiger partial charge in [-0.2, -0.15) is 0 Å². The average Bonchev–Trinajstić information content (AvgIpc) is 2.73. The van der Waals surface area contributed by atoms with Crippen LogP contribution in [0.1, 0.15) is 64.7 Å². The minimum Gasteiger partial charge on any atom is -0.465 e. The smallest absolute Gasteiger partial charge is 0.312 e. The summed E-state index contributed by atoms with van der Waals surface area (Å²) in [6, 6.07) is 0. The Labute approximate surface area is 133 Å². The van der Waals surface area contributed by atoms with Crippen molar-refractivity contribution in [1.29, 1.82) is 0 Å². The number of cyclic esters (lactones) is 1. The van der Waals surface area contributed by atoms with Gasteiger partial charge in [0.2, 0.25) is 0 Å². The summed E-state index contributed by atoms with van der Waals surface area (Å²) in [7, 11) is 0. The van der Waals surface area contributed by atoms with E-state index in [0.717, 1.165) is 12.3 Å². The first kappa shape index (κ1) is 13.6. The number of rotatable bonds is 0. The number of ether oxygens (including phenoxy) is 1. The summed E-state index contributed by atoms with van der Waals surface area (Å²) >= 11 is 0. The molecule has 5 aliphatic rings. The quantitative estimate of drug-likeness (QED) is 0.486. The van der Waals surface area contributed by atoms with Gasteiger partial charge in [-0.1, -0.05) is 25.5 Å². The second kappa shape index (κ2) is 3.99. The zero-order valence-electron chi connectivity index (χ0n) is 13.8. The van der Waals surface area contributed by atoms with Crippen molar-refractivity contribution in [3.63, 3.8) is 0 Å². The maximum atomic E-state index is 13.1. The molecule has 1 aliphatic heterocycles. The second-order valence-electron chi connectivity index (χ2n) is 9.44. The van der Waals surface area contributed by atoms with Crippen LogP contribution in [0.15, 0.2) is 12.2 Å². The number of carbonyl (C=O) groups excluding carboxylic acids is 1. The topological polar surface area (TPSA) is 26.3 Å². The van der Waals surface area contributed by atoms with Crippen molar-refractivity contribution in [2.75, 3.05) is 6.61 Å². The van der Waals surface area contributed by atoms with Crippen LogP contribution in [0.4, 0.5) is 0 Å². The summed E-state index contributed by atoms with van der Waals surface area (Å²) in [6.07, 6.45) is 11.2. The molecule has 0 aromatic heterocycles. The number of hydrogen-bond donors (Lipinski definition) is 0. The molecule has 0 radical (unpaired) electrons. The first-order chi connectivity index (χ1) is 10.5. The Hall–Kier alpha value is -0.790. The molecular formula is C20H28O2. The molecule has 0 N–H and O–H groups in total. The fraction of sp³-hybridized carbons (Fsp3) is 0.850. The van der Waals surface area contributed by atoms with Gasteiger partial charge in [0.1, 0.15) is 0 Å². The summed E-state index contributed by atoms with van der Waals surface area (Å²) in [5.74, 6) is 2.08. The van der Waals surface area contributed by atoms with Crippen molar-refractivity contribution >= 4 is 5.97 Å². The van der Waals surface area contributed by atoms with Gasteiger partial charge in [0.25, 0.3) is 0 Å². The van der Waals surface area contributed by atoms with Crippen LogP contribution in [0, 0.1) is 34.0 Å². The lowest BCUT2D eigenvalue weighted by atomic mass is 9.39. The van der Waals surface area contributed by atoms with E-state index in [4.69, 9.17) is 4.74 Å². The highest BCUT2D eigenvalue weighted by Crippen LogP contribution is 2.73. The van der Waals surface area contributed by atoms with E-state index in [-0.39, 0.29) is 16.8 Å². The van der Waals surface area contributed by atoms with E-state index in [0.29, 0.717) is 23.9 Å². The molecule has 0 amide bonds. The lowest BCUT2D eigenvalue weighted by Crippen LogP contribution is -2.65. The Morgan fingerprint density at radius 3 is 2.86 bits per heavy atom. The predicted octanol–water partition coefficient (Wildman–Crippen LogP) is 4.49. The third kappa shape index (κ3) is 1.37. The highest BCUT2D eigenvalue weighted by Gasteiger charge is 2.70. The molecule has 22 heavy (non-hydrogen) atoms. The molecular weight excluding hydrogens is 272 g/mol. The molecule has 1 spiro atoms. The van der Waals surface area contributed by atoms with E-state index in [9.17, 15) is 4.79 Å². The molecule has 5 rings (SSSR count). The van der Waals surface area contributed by atoms with Gasteiger partial charge in [-0.25, -0.2) is 0 Å². The van der Waals surface area contributed by atoms with Gasteiger partial charge in [0, 0.05) is 5.41 Å². The third-order valence-corrected chi connectivity index (χ3v) is 8.62. The van der Waals surface area contributed by atoms with Crippen molar-refractivity contribution in [2.24, 2.45) is 34.0 Å². The normalized spacial score (nSPS) is 56.1. The fourth-order valence-corrected chi connectivity index (χ4v) is 7.85. The van der Waals surface area contributed by atoms with Gasteiger partial charge in [-0.15, -0.1) is 0 Å². The molecule has 0 unspecified atom stereocenters. The zero-order chi connectivity index (χ0) is 15.2. The average molecular weight is 300 g/mol. The van der Waals surface area contributed by atoms with E-state index in [2.05, 4.69) is 13.5 Å². The minimum atomic E-state index is -0.140. The molecule has 4 bridgehead atoms. The molecule has 2 heteroatoms. The molecule has 4 saturated carbocycles. The van der Waals surface area contributed by atoms with Crippen LogP contribution in [-0.2, 0) is 9.53 Å². The first-order valence-corrected chi connectivity index (χ1v) is 9.35. The molecule has 5 fully saturated rings. The fourth-order valence-electron chi connectivity index (χ4n) is 7.85. The van der Waals surface area contributed by atoms with Crippen LogP contribution < -0.4 is 0 Å².